The predicted molar refractivity (Wildman–Crippen MR) is 86.4 cm³/mol. The fourth-order valence-corrected chi connectivity index (χ4v) is 3.79. The number of nitrogens with zero attached hydrogens (tertiary/aromatic N) is 4. The third-order valence-corrected chi connectivity index (χ3v) is 5.32. The number of piperidine rings is 1. The van der Waals surface area contributed by atoms with E-state index in [4.69, 9.17) is 0 Å². The van der Waals surface area contributed by atoms with Crippen molar-refractivity contribution in [3.63, 3.8) is 0 Å². The average Bonchev–Trinajstić information content (AvgIpc) is 3.05. The van der Waals surface area contributed by atoms with Gasteiger partial charge in [-0.05, 0) is 19.3 Å². The van der Waals surface area contributed by atoms with E-state index in [1.54, 1.807) is 11.8 Å². The zero-order valence-electron chi connectivity index (χ0n) is 14.3. The van der Waals surface area contributed by atoms with Gasteiger partial charge in [-0.3, -0.25) is 4.90 Å². The zero-order valence-corrected chi connectivity index (χ0v) is 14.3. The molecular weight excluding hydrogens is 353 g/mol. The van der Waals surface area contributed by atoms with Gasteiger partial charge >= 0.3 is 6.18 Å². The molecule has 5 atom stereocenters. The summed E-state index contributed by atoms with van der Waals surface area (Å²) in [6.07, 6.45) is -5.06. The maximum absolute atomic E-state index is 13.1. The Morgan fingerprint density at radius 2 is 1.92 bits per heavy atom. The minimum Gasteiger partial charge on any atom is -0.389 e. The van der Waals surface area contributed by atoms with Gasteiger partial charge in [0.25, 0.3) is 0 Å². The van der Waals surface area contributed by atoms with Crippen LogP contribution < -0.4 is 4.90 Å². The Bertz CT molecular complexity index is 633. The molecule has 146 valence electrons. The third-order valence-electron chi connectivity index (χ3n) is 5.32. The number of alkyl halides is 3. The summed E-state index contributed by atoms with van der Waals surface area (Å²) in [5.41, 5.74) is -0.960. The molecule has 2 saturated heterocycles. The van der Waals surface area contributed by atoms with E-state index in [2.05, 4.69) is 9.97 Å². The van der Waals surface area contributed by atoms with Crippen LogP contribution in [0.25, 0.3) is 0 Å². The number of rotatable bonds is 3. The minimum atomic E-state index is -4.54. The molecule has 2 aliphatic heterocycles. The molecule has 0 saturated carbocycles. The highest BCUT2D eigenvalue weighted by Gasteiger charge is 2.41. The van der Waals surface area contributed by atoms with Gasteiger partial charge < -0.3 is 20.2 Å². The fraction of sp³-hybridized carbons (Fsp3) is 0.750. The van der Waals surface area contributed by atoms with Crippen molar-refractivity contribution in [1.82, 2.24) is 14.9 Å². The van der Waals surface area contributed by atoms with Crippen LogP contribution in [0.1, 0.15) is 19.0 Å². The molecule has 0 unspecified atom stereocenters. The largest absolute Gasteiger partial charge is 0.435 e. The second-order valence-corrected chi connectivity index (χ2v) is 7.10. The standard InChI is InChI=1S/C16H23F3N4O3/c1-9-13(25)14(26)12(24)7-23(9)6-10-2-3-22(5-10)11-4-20-8-21-15(11)16(17,18)19/h4,8-10,12-14,24-26H,2-3,5-7H2,1H3/t9-,10+,12+,13-,14-/m1/s1. The normalized spacial score (nSPS) is 33.7. The third kappa shape index (κ3) is 3.78. The van der Waals surface area contributed by atoms with Gasteiger partial charge in [0.05, 0.1) is 24.1 Å². The lowest BCUT2D eigenvalue weighted by Crippen LogP contribution is -2.60. The van der Waals surface area contributed by atoms with E-state index in [0.717, 1.165) is 6.33 Å². The maximum Gasteiger partial charge on any atom is 0.435 e. The molecule has 0 aromatic carbocycles. The molecule has 7 nitrogen and oxygen atoms in total. The topological polar surface area (TPSA) is 93.0 Å². The molecule has 10 heteroatoms. The molecule has 26 heavy (non-hydrogen) atoms. The van der Waals surface area contributed by atoms with E-state index in [0.29, 0.717) is 26.1 Å². The summed E-state index contributed by atoms with van der Waals surface area (Å²) in [5.74, 6) is 0.0772. The van der Waals surface area contributed by atoms with E-state index in [9.17, 15) is 28.5 Å². The first kappa shape index (κ1) is 19.3. The van der Waals surface area contributed by atoms with Crippen molar-refractivity contribution < 1.29 is 28.5 Å². The summed E-state index contributed by atoms with van der Waals surface area (Å²) in [7, 11) is 0. The molecule has 1 aromatic heterocycles. The van der Waals surface area contributed by atoms with E-state index in [1.807, 2.05) is 4.90 Å². The van der Waals surface area contributed by atoms with E-state index in [1.165, 1.54) is 6.20 Å². The molecule has 0 bridgehead atoms. The lowest BCUT2D eigenvalue weighted by molar-refractivity contribution is -0.140. The van der Waals surface area contributed by atoms with E-state index >= 15 is 0 Å². The van der Waals surface area contributed by atoms with Crippen LogP contribution in [0.15, 0.2) is 12.5 Å². The molecule has 2 fully saturated rings. The molecule has 3 rings (SSSR count). The van der Waals surface area contributed by atoms with Gasteiger partial charge in [-0.15, -0.1) is 0 Å². The molecule has 3 N–H and O–H groups in total. The van der Waals surface area contributed by atoms with Crippen molar-refractivity contribution in [1.29, 1.82) is 0 Å². The number of β-amino-alcohol motifs (C(OH)–C–C–N with tert-alkyl or cyclic N) is 1. The van der Waals surface area contributed by atoms with Gasteiger partial charge in [-0.25, -0.2) is 9.97 Å². The highest BCUT2D eigenvalue weighted by molar-refractivity contribution is 5.50. The van der Waals surface area contributed by atoms with Crippen molar-refractivity contribution in [3.05, 3.63) is 18.2 Å². The van der Waals surface area contributed by atoms with Crippen LogP contribution >= 0.6 is 0 Å². The number of hydrogen-bond acceptors (Lipinski definition) is 7. The number of aliphatic hydroxyl groups is 3. The van der Waals surface area contributed by atoms with E-state index < -0.39 is 30.2 Å². The molecule has 0 spiro atoms. The van der Waals surface area contributed by atoms with Crippen LogP contribution in [-0.4, -0.2) is 80.7 Å². The smallest absolute Gasteiger partial charge is 0.389 e. The first-order valence-corrected chi connectivity index (χ1v) is 8.59. The Morgan fingerprint density at radius 1 is 1.19 bits per heavy atom. The SMILES string of the molecule is C[C@@H]1[C@@H](O)[C@H](O)[C@@H](O)CN1C[C@H]1CCN(c2cncnc2C(F)(F)F)C1. The molecule has 0 amide bonds. The van der Waals surface area contributed by atoms with Crippen molar-refractivity contribution >= 4 is 5.69 Å². The zero-order chi connectivity index (χ0) is 19.1. The first-order valence-electron chi connectivity index (χ1n) is 8.59. The number of halogens is 3. The van der Waals surface area contributed by atoms with Crippen LogP contribution in [0.4, 0.5) is 18.9 Å². The summed E-state index contributed by atoms with van der Waals surface area (Å²) >= 11 is 0. The summed E-state index contributed by atoms with van der Waals surface area (Å²) in [6.45, 7) is 3.37. The second-order valence-electron chi connectivity index (χ2n) is 7.10. The number of aliphatic hydroxyl groups excluding tert-OH is 3. The summed E-state index contributed by atoms with van der Waals surface area (Å²) < 4.78 is 39.4. The summed E-state index contributed by atoms with van der Waals surface area (Å²) in [4.78, 5) is 10.6. The van der Waals surface area contributed by atoms with Gasteiger partial charge in [0.1, 0.15) is 12.4 Å². The molecule has 1 aromatic rings. The molecule has 0 radical (unpaired) electrons. The number of aromatic nitrogens is 2. The Morgan fingerprint density at radius 3 is 2.62 bits per heavy atom. The fourth-order valence-electron chi connectivity index (χ4n) is 3.79. The Hall–Kier alpha value is -1.49. The lowest BCUT2D eigenvalue weighted by atomic mass is 9.93. The second kappa shape index (κ2) is 7.26. The molecular formula is C16H23F3N4O3. The Labute approximate surface area is 149 Å². The van der Waals surface area contributed by atoms with Crippen molar-refractivity contribution in [2.45, 2.75) is 43.9 Å². The van der Waals surface area contributed by atoms with Gasteiger partial charge in [0.15, 0.2) is 5.69 Å². The van der Waals surface area contributed by atoms with Crippen molar-refractivity contribution in [2.75, 3.05) is 31.1 Å². The van der Waals surface area contributed by atoms with Crippen molar-refractivity contribution in [2.24, 2.45) is 5.92 Å². The molecule has 2 aliphatic rings. The predicted octanol–water partition coefficient (Wildman–Crippen LogP) is 0.108. The van der Waals surface area contributed by atoms with Crippen LogP contribution in [0.2, 0.25) is 0 Å². The number of anilines is 1. The first-order chi connectivity index (χ1) is 12.2. The number of hydrogen-bond donors (Lipinski definition) is 3. The van der Waals surface area contributed by atoms with E-state index in [-0.39, 0.29) is 24.2 Å². The van der Waals surface area contributed by atoms with Gasteiger partial charge in [-0.1, -0.05) is 0 Å². The maximum atomic E-state index is 13.1. The molecule has 3 heterocycles. The monoisotopic (exact) mass is 376 g/mol. The van der Waals surface area contributed by atoms with Crippen LogP contribution in [0.5, 0.6) is 0 Å². The Kier molecular flexibility index (Phi) is 5.38. The highest BCUT2D eigenvalue weighted by Crippen LogP contribution is 2.36. The minimum absolute atomic E-state index is 0.0234. The average molecular weight is 376 g/mol. The van der Waals surface area contributed by atoms with Gasteiger partial charge in [-0.2, -0.15) is 13.2 Å². The molecule has 0 aliphatic carbocycles. The number of likely N-dealkylation sites (tertiary alicyclic amines) is 1. The summed E-state index contributed by atoms with van der Waals surface area (Å²) in [6, 6.07) is -0.340. The Balaban J connectivity index is 1.67. The highest BCUT2D eigenvalue weighted by atomic mass is 19.4. The van der Waals surface area contributed by atoms with Gasteiger partial charge in [0.2, 0.25) is 0 Å². The van der Waals surface area contributed by atoms with Crippen LogP contribution in [0.3, 0.4) is 0 Å². The van der Waals surface area contributed by atoms with Crippen LogP contribution in [-0.2, 0) is 6.18 Å². The van der Waals surface area contributed by atoms with Gasteiger partial charge in [0, 0.05) is 32.2 Å². The van der Waals surface area contributed by atoms with Crippen LogP contribution in [0, 0.1) is 5.92 Å². The quantitative estimate of drug-likeness (QED) is 0.689. The van der Waals surface area contributed by atoms with Crippen molar-refractivity contribution in [3.8, 4) is 0 Å². The lowest BCUT2D eigenvalue weighted by Gasteiger charge is -2.43. The summed E-state index contributed by atoms with van der Waals surface area (Å²) in [5, 5.41) is 29.6.